The maximum absolute atomic E-state index is 6.08. The van der Waals surface area contributed by atoms with Gasteiger partial charge in [0.15, 0.2) is 5.96 Å². The molecule has 2 N–H and O–H groups in total. The molecular formula is C16H32N4O. The summed E-state index contributed by atoms with van der Waals surface area (Å²) in [7, 11) is 0. The fourth-order valence-corrected chi connectivity index (χ4v) is 2.95. The molecule has 2 saturated heterocycles. The van der Waals surface area contributed by atoms with E-state index in [9.17, 15) is 0 Å². The standard InChI is InChI=1S/C16H32N4O/c1-14(2)3-6-19-7-4-15(5-8-19)13-18-16(17)20-9-11-21-12-10-20/h14-15H,3-13H2,1-2H3,(H2,17,18). The second-order valence-corrected chi connectivity index (χ2v) is 6.77. The molecule has 0 bridgehead atoms. The quantitative estimate of drug-likeness (QED) is 0.615. The average molecular weight is 296 g/mol. The molecule has 0 spiro atoms. The monoisotopic (exact) mass is 296 g/mol. The van der Waals surface area contributed by atoms with Gasteiger partial charge < -0.3 is 20.3 Å². The third-order valence-corrected chi connectivity index (χ3v) is 4.58. The molecule has 2 rings (SSSR count). The van der Waals surface area contributed by atoms with Crippen molar-refractivity contribution in [2.24, 2.45) is 22.6 Å². The Morgan fingerprint density at radius 2 is 1.86 bits per heavy atom. The zero-order chi connectivity index (χ0) is 15.1. The largest absolute Gasteiger partial charge is 0.378 e. The van der Waals surface area contributed by atoms with E-state index in [4.69, 9.17) is 10.5 Å². The van der Waals surface area contributed by atoms with Crippen LogP contribution in [0.15, 0.2) is 4.99 Å². The van der Waals surface area contributed by atoms with Gasteiger partial charge in [-0.2, -0.15) is 0 Å². The van der Waals surface area contributed by atoms with Crippen LogP contribution in [0.2, 0.25) is 0 Å². The Kier molecular flexibility index (Phi) is 6.77. The average Bonchev–Trinajstić information content (AvgIpc) is 2.52. The summed E-state index contributed by atoms with van der Waals surface area (Å²) in [6.45, 7) is 12.5. The van der Waals surface area contributed by atoms with E-state index < -0.39 is 0 Å². The van der Waals surface area contributed by atoms with Crippen molar-refractivity contribution in [1.29, 1.82) is 0 Å². The lowest BCUT2D eigenvalue weighted by molar-refractivity contribution is 0.0673. The molecule has 122 valence electrons. The van der Waals surface area contributed by atoms with Gasteiger partial charge in [-0.3, -0.25) is 4.99 Å². The van der Waals surface area contributed by atoms with Crippen LogP contribution in [-0.2, 0) is 4.74 Å². The van der Waals surface area contributed by atoms with Gasteiger partial charge in [-0.05, 0) is 50.7 Å². The van der Waals surface area contributed by atoms with E-state index in [1.165, 1.54) is 38.9 Å². The van der Waals surface area contributed by atoms with Crippen LogP contribution in [0, 0.1) is 11.8 Å². The minimum atomic E-state index is 0.708. The molecule has 0 atom stereocenters. The molecule has 0 amide bonds. The normalized spacial score (nSPS) is 23.0. The van der Waals surface area contributed by atoms with E-state index in [0.29, 0.717) is 11.9 Å². The molecule has 2 aliphatic heterocycles. The maximum atomic E-state index is 6.08. The van der Waals surface area contributed by atoms with Crippen molar-refractivity contribution in [3.63, 3.8) is 0 Å². The number of morpholine rings is 1. The smallest absolute Gasteiger partial charge is 0.191 e. The Hall–Kier alpha value is -0.810. The Morgan fingerprint density at radius 1 is 1.19 bits per heavy atom. The number of piperidine rings is 1. The van der Waals surface area contributed by atoms with Crippen LogP contribution in [0.1, 0.15) is 33.1 Å². The first kappa shape index (κ1) is 16.6. The van der Waals surface area contributed by atoms with Crippen LogP contribution in [0.25, 0.3) is 0 Å². The van der Waals surface area contributed by atoms with Crippen LogP contribution < -0.4 is 5.73 Å². The van der Waals surface area contributed by atoms with Crippen LogP contribution in [-0.4, -0.2) is 68.2 Å². The summed E-state index contributed by atoms with van der Waals surface area (Å²) in [5, 5.41) is 0. The Morgan fingerprint density at radius 3 is 2.48 bits per heavy atom. The molecule has 0 aliphatic carbocycles. The van der Waals surface area contributed by atoms with Gasteiger partial charge in [-0.15, -0.1) is 0 Å². The molecule has 0 aromatic rings. The number of nitrogens with two attached hydrogens (primary N) is 1. The van der Waals surface area contributed by atoms with Crippen molar-refractivity contribution in [3.8, 4) is 0 Å². The highest BCUT2D eigenvalue weighted by Crippen LogP contribution is 2.18. The van der Waals surface area contributed by atoms with Gasteiger partial charge >= 0.3 is 0 Å². The minimum Gasteiger partial charge on any atom is -0.378 e. The van der Waals surface area contributed by atoms with Crippen molar-refractivity contribution in [2.75, 3.05) is 52.5 Å². The summed E-state index contributed by atoms with van der Waals surface area (Å²) in [6.07, 6.45) is 3.84. The lowest BCUT2D eigenvalue weighted by Gasteiger charge is -2.32. The topological polar surface area (TPSA) is 54.1 Å². The molecule has 0 aromatic carbocycles. The molecule has 0 radical (unpaired) electrons. The Labute approximate surface area is 129 Å². The van der Waals surface area contributed by atoms with E-state index >= 15 is 0 Å². The van der Waals surface area contributed by atoms with Crippen LogP contribution in [0.5, 0.6) is 0 Å². The SMILES string of the molecule is CC(C)CCN1CCC(CN=C(N)N2CCOCC2)CC1. The molecule has 5 nitrogen and oxygen atoms in total. The van der Waals surface area contributed by atoms with Gasteiger partial charge in [0.25, 0.3) is 0 Å². The molecular weight excluding hydrogens is 264 g/mol. The molecule has 0 aromatic heterocycles. The van der Waals surface area contributed by atoms with E-state index in [2.05, 4.69) is 28.6 Å². The molecule has 0 unspecified atom stereocenters. The van der Waals surface area contributed by atoms with Gasteiger partial charge in [0.05, 0.1) is 13.2 Å². The number of ether oxygens (including phenoxy) is 1. The third kappa shape index (κ3) is 5.83. The van der Waals surface area contributed by atoms with E-state index in [0.717, 1.165) is 38.8 Å². The highest BCUT2D eigenvalue weighted by atomic mass is 16.5. The number of hydrogen-bond donors (Lipinski definition) is 1. The maximum Gasteiger partial charge on any atom is 0.191 e. The number of hydrogen-bond acceptors (Lipinski definition) is 3. The van der Waals surface area contributed by atoms with Crippen molar-refractivity contribution < 1.29 is 4.74 Å². The summed E-state index contributed by atoms with van der Waals surface area (Å²) in [4.78, 5) is 9.36. The summed E-state index contributed by atoms with van der Waals surface area (Å²) in [5.74, 6) is 2.22. The fraction of sp³-hybridized carbons (Fsp3) is 0.938. The highest BCUT2D eigenvalue weighted by molar-refractivity contribution is 5.78. The Bertz CT molecular complexity index is 318. The predicted octanol–water partition coefficient (Wildman–Crippen LogP) is 1.39. The lowest BCUT2D eigenvalue weighted by Crippen LogP contribution is -2.45. The van der Waals surface area contributed by atoms with Crippen LogP contribution in [0.4, 0.5) is 0 Å². The summed E-state index contributed by atoms with van der Waals surface area (Å²) >= 11 is 0. The zero-order valence-corrected chi connectivity index (χ0v) is 13.8. The van der Waals surface area contributed by atoms with Crippen LogP contribution in [0.3, 0.4) is 0 Å². The molecule has 0 saturated carbocycles. The van der Waals surface area contributed by atoms with Gasteiger partial charge in [0, 0.05) is 19.6 Å². The summed E-state index contributed by atoms with van der Waals surface area (Å²) in [6, 6.07) is 0. The highest BCUT2D eigenvalue weighted by Gasteiger charge is 2.19. The van der Waals surface area contributed by atoms with Crippen molar-refractivity contribution in [1.82, 2.24) is 9.80 Å². The second kappa shape index (κ2) is 8.59. The first-order valence-corrected chi connectivity index (χ1v) is 8.50. The van der Waals surface area contributed by atoms with Crippen molar-refractivity contribution in [3.05, 3.63) is 0 Å². The number of aliphatic imine (C=N–C) groups is 1. The molecule has 5 heteroatoms. The minimum absolute atomic E-state index is 0.708. The molecule has 21 heavy (non-hydrogen) atoms. The third-order valence-electron chi connectivity index (χ3n) is 4.58. The van der Waals surface area contributed by atoms with Crippen LogP contribution >= 0.6 is 0 Å². The number of guanidine groups is 1. The Balaban J connectivity index is 1.66. The first-order valence-electron chi connectivity index (χ1n) is 8.50. The fourth-order valence-electron chi connectivity index (χ4n) is 2.95. The first-order chi connectivity index (χ1) is 10.1. The summed E-state index contributed by atoms with van der Waals surface area (Å²) < 4.78 is 5.34. The molecule has 2 heterocycles. The van der Waals surface area contributed by atoms with Gasteiger partial charge in [0.1, 0.15) is 0 Å². The van der Waals surface area contributed by atoms with E-state index in [1.54, 1.807) is 0 Å². The second-order valence-electron chi connectivity index (χ2n) is 6.77. The van der Waals surface area contributed by atoms with Crippen molar-refractivity contribution in [2.45, 2.75) is 33.1 Å². The number of rotatable bonds is 5. The zero-order valence-electron chi connectivity index (χ0n) is 13.8. The molecule has 2 aliphatic rings. The molecule has 2 fully saturated rings. The lowest BCUT2D eigenvalue weighted by atomic mass is 9.96. The van der Waals surface area contributed by atoms with Gasteiger partial charge in [0.2, 0.25) is 0 Å². The van der Waals surface area contributed by atoms with E-state index in [1.807, 2.05) is 0 Å². The van der Waals surface area contributed by atoms with E-state index in [-0.39, 0.29) is 0 Å². The van der Waals surface area contributed by atoms with Gasteiger partial charge in [-0.1, -0.05) is 13.8 Å². The predicted molar refractivity (Wildman–Crippen MR) is 87.5 cm³/mol. The van der Waals surface area contributed by atoms with Gasteiger partial charge in [-0.25, -0.2) is 0 Å². The number of likely N-dealkylation sites (tertiary alicyclic amines) is 1. The van der Waals surface area contributed by atoms with Crippen molar-refractivity contribution >= 4 is 5.96 Å². The number of nitrogens with zero attached hydrogens (tertiary/aromatic N) is 3. The summed E-state index contributed by atoms with van der Waals surface area (Å²) in [5.41, 5.74) is 6.08.